The largest absolute Gasteiger partial charge is 0.361 e. The second kappa shape index (κ2) is 7.47. The van der Waals surface area contributed by atoms with E-state index in [0.29, 0.717) is 0 Å². The Kier molecular flexibility index (Phi) is 4.90. The first-order chi connectivity index (χ1) is 12.7. The third-order valence-electron chi connectivity index (χ3n) is 4.17. The molecule has 3 aromatic heterocycles. The van der Waals surface area contributed by atoms with Crippen molar-refractivity contribution < 1.29 is 4.52 Å². The maximum Gasteiger partial charge on any atom is 0.192 e. The molecule has 3 heterocycles. The predicted molar refractivity (Wildman–Crippen MR) is 104 cm³/mol. The average molecular weight is 383 g/mol. The fourth-order valence-corrected chi connectivity index (χ4v) is 4.55. The number of thiophene rings is 1. The number of nitrogens with zero attached hydrogens (tertiary/aromatic N) is 4. The van der Waals surface area contributed by atoms with E-state index >= 15 is 0 Å². The Bertz CT molecular complexity index is 971. The summed E-state index contributed by atoms with van der Waals surface area (Å²) in [4.78, 5) is 1.12. The van der Waals surface area contributed by atoms with Crippen LogP contribution >= 0.6 is 23.1 Å². The van der Waals surface area contributed by atoms with Gasteiger partial charge >= 0.3 is 0 Å². The molecule has 0 fully saturated rings. The van der Waals surface area contributed by atoms with Crippen LogP contribution in [0.4, 0.5) is 0 Å². The lowest BCUT2D eigenvalue weighted by Crippen LogP contribution is -2.03. The molecule has 4 aromatic rings. The van der Waals surface area contributed by atoms with E-state index in [4.69, 9.17) is 4.52 Å². The quantitative estimate of drug-likeness (QED) is 0.442. The van der Waals surface area contributed by atoms with Crippen LogP contribution < -0.4 is 0 Å². The Hall–Kier alpha value is -2.38. The van der Waals surface area contributed by atoms with Crippen LogP contribution in [0, 0.1) is 13.8 Å². The number of hydrogen-bond acceptors (Lipinski definition) is 6. The van der Waals surface area contributed by atoms with Gasteiger partial charge in [0.05, 0.1) is 17.1 Å². The van der Waals surface area contributed by atoms with E-state index in [0.717, 1.165) is 45.2 Å². The minimum atomic E-state index is 0.741. The van der Waals surface area contributed by atoms with Crippen molar-refractivity contribution in [3.63, 3.8) is 0 Å². The van der Waals surface area contributed by atoms with Crippen LogP contribution in [0.3, 0.4) is 0 Å². The Morgan fingerprint density at radius 3 is 2.62 bits per heavy atom. The van der Waals surface area contributed by atoms with Crippen LogP contribution in [0.25, 0.3) is 10.7 Å². The molecular formula is C19H18N4OS2. The van der Waals surface area contributed by atoms with Crippen molar-refractivity contribution in [2.24, 2.45) is 0 Å². The normalized spacial score (nSPS) is 11.2. The number of rotatable bonds is 6. The molecule has 0 saturated carbocycles. The van der Waals surface area contributed by atoms with Crippen molar-refractivity contribution in [2.45, 2.75) is 31.3 Å². The molecule has 0 aliphatic heterocycles. The number of benzene rings is 1. The maximum absolute atomic E-state index is 5.27. The molecule has 132 valence electrons. The maximum atomic E-state index is 5.27. The van der Waals surface area contributed by atoms with Gasteiger partial charge in [0.1, 0.15) is 5.76 Å². The highest BCUT2D eigenvalue weighted by molar-refractivity contribution is 7.98. The third kappa shape index (κ3) is 3.45. The fraction of sp³-hybridized carbons (Fsp3) is 0.211. The summed E-state index contributed by atoms with van der Waals surface area (Å²) in [6.07, 6.45) is 0. The van der Waals surface area contributed by atoms with Crippen LogP contribution in [0.2, 0.25) is 0 Å². The molecule has 0 radical (unpaired) electrons. The SMILES string of the molecule is Cc1noc(C)c1CSc1nnc(-c2cccs2)n1Cc1ccccc1. The van der Waals surface area contributed by atoms with Crippen LogP contribution in [0.15, 0.2) is 57.5 Å². The Labute approximate surface area is 160 Å². The van der Waals surface area contributed by atoms with Crippen LogP contribution in [0.1, 0.15) is 22.6 Å². The van der Waals surface area contributed by atoms with Crippen molar-refractivity contribution in [3.8, 4) is 10.7 Å². The van der Waals surface area contributed by atoms with Gasteiger partial charge in [0.2, 0.25) is 0 Å². The molecule has 7 heteroatoms. The molecular weight excluding hydrogens is 364 g/mol. The molecule has 26 heavy (non-hydrogen) atoms. The predicted octanol–water partition coefficient (Wildman–Crippen LogP) is 4.95. The van der Waals surface area contributed by atoms with Gasteiger partial charge in [-0.05, 0) is 30.9 Å². The van der Waals surface area contributed by atoms with E-state index in [2.05, 4.69) is 55.6 Å². The molecule has 0 aliphatic rings. The van der Waals surface area contributed by atoms with E-state index in [-0.39, 0.29) is 0 Å². The Morgan fingerprint density at radius 2 is 1.92 bits per heavy atom. The van der Waals surface area contributed by atoms with Crippen molar-refractivity contribution >= 4 is 23.1 Å². The summed E-state index contributed by atoms with van der Waals surface area (Å²) >= 11 is 3.34. The first-order valence-corrected chi connectivity index (χ1v) is 10.1. The number of aromatic nitrogens is 4. The van der Waals surface area contributed by atoms with E-state index in [1.165, 1.54) is 5.56 Å². The molecule has 0 saturated heterocycles. The van der Waals surface area contributed by atoms with Crippen LogP contribution in [0.5, 0.6) is 0 Å². The summed E-state index contributed by atoms with van der Waals surface area (Å²) in [7, 11) is 0. The molecule has 0 amide bonds. The van der Waals surface area contributed by atoms with E-state index < -0.39 is 0 Å². The standard InChI is InChI=1S/C19H18N4OS2/c1-13-16(14(2)24-22-13)12-26-19-21-20-18(17-9-6-10-25-17)23(19)11-15-7-4-3-5-8-15/h3-10H,11-12H2,1-2H3. The van der Waals surface area contributed by atoms with Gasteiger partial charge in [-0.15, -0.1) is 21.5 Å². The molecule has 4 rings (SSSR count). The molecule has 0 bridgehead atoms. The third-order valence-corrected chi connectivity index (χ3v) is 6.03. The van der Waals surface area contributed by atoms with Crippen molar-refractivity contribution in [3.05, 3.63) is 70.4 Å². The van der Waals surface area contributed by atoms with E-state index in [1.54, 1.807) is 23.1 Å². The van der Waals surface area contributed by atoms with Gasteiger partial charge in [0, 0.05) is 11.3 Å². The van der Waals surface area contributed by atoms with Gasteiger partial charge in [-0.3, -0.25) is 4.57 Å². The van der Waals surface area contributed by atoms with Crippen molar-refractivity contribution in [2.75, 3.05) is 0 Å². The second-order valence-electron chi connectivity index (χ2n) is 5.95. The van der Waals surface area contributed by atoms with Crippen LogP contribution in [-0.4, -0.2) is 19.9 Å². The van der Waals surface area contributed by atoms with Crippen molar-refractivity contribution in [1.29, 1.82) is 0 Å². The van der Waals surface area contributed by atoms with Crippen LogP contribution in [-0.2, 0) is 12.3 Å². The summed E-state index contributed by atoms with van der Waals surface area (Å²) in [5, 5.41) is 15.9. The van der Waals surface area contributed by atoms with E-state index in [9.17, 15) is 0 Å². The lowest BCUT2D eigenvalue weighted by molar-refractivity contribution is 0.392. The Balaban J connectivity index is 1.65. The highest BCUT2D eigenvalue weighted by Gasteiger charge is 2.17. The summed E-state index contributed by atoms with van der Waals surface area (Å²) in [5.74, 6) is 2.53. The molecule has 5 nitrogen and oxygen atoms in total. The number of aryl methyl sites for hydroxylation is 2. The molecule has 1 aromatic carbocycles. The summed E-state index contributed by atoms with van der Waals surface area (Å²) in [6, 6.07) is 14.5. The highest BCUT2D eigenvalue weighted by atomic mass is 32.2. The van der Waals surface area contributed by atoms with Gasteiger partial charge in [0.15, 0.2) is 11.0 Å². The minimum Gasteiger partial charge on any atom is -0.361 e. The lowest BCUT2D eigenvalue weighted by atomic mass is 10.2. The highest BCUT2D eigenvalue weighted by Crippen LogP contribution is 2.30. The molecule has 0 aliphatic carbocycles. The number of thioether (sulfide) groups is 1. The summed E-state index contributed by atoms with van der Waals surface area (Å²) < 4.78 is 7.45. The minimum absolute atomic E-state index is 0.741. The zero-order valence-corrected chi connectivity index (χ0v) is 16.2. The zero-order valence-electron chi connectivity index (χ0n) is 14.5. The molecule has 0 unspecified atom stereocenters. The Morgan fingerprint density at radius 1 is 1.08 bits per heavy atom. The van der Waals surface area contributed by atoms with Gasteiger partial charge < -0.3 is 4.52 Å². The van der Waals surface area contributed by atoms with Gasteiger partial charge in [-0.25, -0.2) is 0 Å². The van der Waals surface area contributed by atoms with Gasteiger partial charge in [-0.2, -0.15) is 0 Å². The van der Waals surface area contributed by atoms with E-state index in [1.807, 2.05) is 26.0 Å². The average Bonchev–Trinajstić information content (AvgIpc) is 3.37. The first-order valence-electron chi connectivity index (χ1n) is 8.28. The number of hydrogen-bond donors (Lipinski definition) is 0. The monoisotopic (exact) mass is 382 g/mol. The zero-order chi connectivity index (χ0) is 17.9. The lowest BCUT2D eigenvalue weighted by Gasteiger charge is -2.09. The summed E-state index contributed by atoms with van der Waals surface area (Å²) in [6.45, 7) is 4.66. The smallest absolute Gasteiger partial charge is 0.192 e. The molecule has 0 spiro atoms. The molecule has 0 atom stereocenters. The topological polar surface area (TPSA) is 56.7 Å². The molecule has 0 N–H and O–H groups in total. The summed E-state index contributed by atoms with van der Waals surface area (Å²) in [5.41, 5.74) is 3.29. The van der Waals surface area contributed by atoms with Crippen molar-refractivity contribution in [1.82, 2.24) is 19.9 Å². The first kappa shape index (κ1) is 17.1. The fourth-order valence-electron chi connectivity index (χ4n) is 2.74. The van der Waals surface area contributed by atoms with Gasteiger partial charge in [0.25, 0.3) is 0 Å². The second-order valence-corrected chi connectivity index (χ2v) is 7.84. The van der Waals surface area contributed by atoms with Gasteiger partial charge in [-0.1, -0.05) is 53.3 Å².